The third-order valence-electron chi connectivity index (χ3n) is 2.71. The number of halogens is 1. The van der Waals surface area contributed by atoms with Gasteiger partial charge in [-0.05, 0) is 31.9 Å². The average molecular weight is 210 g/mol. The van der Waals surface area contributed by atoms with E-state index in [-0.39, 0.29) is 11.9 Å². The van der Waals surface area contributed by atoms with E-state index in [1.165, 1.54) is 12.3 Å². The van der Waals surface area contributed by atoms with E-state index in [2.05, 4.69) is 31.1 Å². The SMILES string of the molecule is CC(NC(C)C(C)C)c1ccc(F)cn1. The van der Waals surface area contributed by atoms with Crippen molar-refractivity contribution in [3.8, 4) is 0 Å². The van der Waals surface area contributed by atoms with Crippen molar-refractivity contribution in [1.82, 2.24) is 10.3 Å². The molecule has 84 valence electrons. The molecular weight excluding hydrogens is 191 g/mol. The minimum atomic E-state index is -0.289. The molecule has 1 heterocycles. The summed E-state index contributed by atoms with van der Waals surface area (Å²) in [5, 5.41) is 3.43. The van der Waals surface area contributed by atoms with Crippen LogP contribution in [0.5, 0.6) is 0 Å². The summed E-state index contributed by atoms with van der Waals surface area (Å²) in [6.07, 6.45) is 1.26. The molecule has 2 atom stereocenters. The summed E-state index contributed by atoms with van der Waals surface area (Å²) < 4.78 is 12.7. The zero-order valence-electron chi connectivity index (χ0n) is 9.79. The molecule has 0 aliphatic carbocycles. The van der Waals surface area contributed by atoms with Crippen LogP contribution >= 0.6 is 0 Å². The highest BCUT2D eigenvalue weighted by molar-refractivity contribution is 5.09. The lowest BCUT2D eigenvalue weighted by molar-refractivity contribution is 0.385. The van der Waals surface area contributed by atoms with Gasteiger partial charge in [0.25, 0.3) is 0 Å². The van der Waals surface area contributed by atoms with Crippen molar-refractivity contribution in [1.29, 1.82) is 0 Å². The largest absolute Gasteiger partial charge is 0.306 e. The van der Waals surface area contributed by atoms with Gasteiger partial charge in [-0.1, -0.05) is 13.8 Å². The van der Waals surface area contributed by atoms with Gasteiger partial charge in [-0.25, -0.2) is 4.39 Å². The molecule has 0 spiro atoms. The minimum absolute atomic E-state index is 0.156. The molecule has 1 N–H and O–H groups in total. The second kappa shape index (κ2) is 5.21. The molecule has 0 fully saturated rings. The first kappa shape index (κ1) is 12.1. The van der Waals surface area contributed by atoms with E-state index in [9.17, 15) is 4.39 Å². The third-order valence-corrected chi connectivity index (χ3v) is 2.71. The van der Waals surface area contributed by atoms with E-state index in [4.69, 9.17) is 0 Å². The Morgan fingerprint density at radius 1 is 1.20 bits per heavy atom. The van der Waals surface area contributed by atoms with Gasteiger partial charge >= 0.3 is 0 Å². The Bertz CT molecular complexity index is 295. The second-order valence-corrected chi connectivity index (χ2v) is 4.32. The maximum atomic E-state index is 12.7. The fraction of sp³-hybridized carbons (Fsp3) is 0.583. The van der Waals surface area contributed by atoms with Crippen molar-refractivity contribution in [2.24, 2.45) is 5.92 Å². The van der Waals surface area contributed by atoms with Crippen LogP contribution in [-0.2, 0) is 0 Å². The van der Waals surface area contributed by atoms with E-state index in [0.29, 0.717) is 12.0 Å². The molecule has 0 amide bonds. The Morgan fingerprint density at radius 3 is 2.33 bits per heavy atom. The molecular formula is C12H19FN2. The lowest BCUT2D eigenvalue weighted by Crippen LogP contribution is -2.33. The summed E-state index contributed by atoms with van der Waals surface area (Å²) in [5.41, 5.74) is 0.879. The monoisotopic (exact) mass is 210 g/mol. The Labute approximate surface area is 90.9 Å². The van der Waals surface area contributed by atoms with Crippen LogP contribution in [0.4, 0.5) is 4.39 Å². The predicted octanol–water partition coefficient (Wildman–Crippen LogP) is 2.92. The molecule has 2 nitrogen and oxygen atoms in total. The van der Waals surface area contributed by atoms with Gasteiger partial charge < -0.3 is 5.32 Å². The number of aromatic nitrogens is 1. The highest BCUT2D eigenvalue weighted by Gasteiger charge is 2.12. The van der Waals surface area contributed by atoms with Crippen molar-refractivity contribution in [2.45, 2.75) is 39.8 Å². The number of pyridine rings is 1. The molecule has 0 aliphatic rings. The third kappa shape index (κ3) is 3.59. The Kier molecular flexibility index (Phi) is 4.21. The first-order valence-corrected chi connectivity index (χ1v) is 5.38. The summed E-state index contributed by atoms with van der Waals surface area (Å²) in [7, 11) is 0. The first-order chi connectivity index (χ1) is 7.00. The highest BCUT2D eigenvalue weighted by atomic mass is 19.1. The fourth-order valence-electron chi connectivity index (χ4n) is 1.32. The number of hydrogen-bond donors (Lipinski definition) is 1. The molecule has 0 bridgehead atoms. The molecule has 0 radical (unpaired) electrons. The maximum absolute atomic E-state index is 12.7. The number of rotatable bonds is 4. The van der Waals surface area contributed by atoms with Crippen LogP contribution in [-0.4, -0.2) is 11.0 Å². The molecule has 0 aromatic carbocycles. The van der Waals surface area contributed by atoms with Gasteiger partial charge in [-0.3, -0.25) is 4.98 Å². The van der Waals surface area contributed by atoms with Gasteiger partial charge in [0.1, 0.15) is 5.82 Å². The van der Waals surface area contributed by atoms with Crippen LogP contribution < -0.4 is 5.32 Å². The molecule has 2 unspecified atom stereocenters. The first-order valence-electron chi connectivity index (χ1n) is 5.38. The Hall–Kier alpha value is -0.960. The van der Waals surface area contributed by atoms with Gasteiger partial charge in [-0.2, -0.15) is 0 Å². The van der Waals surface area contributed by atoms with Crippen LogP contribution in [0.15, 0.2) is 18.3 Å². The number of nitrogens with one attached hydrogen (secondary N) is 1. The van der Waals surface area contributed by atoms with Crippen molar-refractivity contribution in [3.05, 3.63) is 29.8 Å². The molecule has 0 saturated carbocycles. The van der Waals surface area contributed by atoms with Crippen molar-refractivity contribution in [2.75, 3.05) is 0 Å². The summed E-state index contributed by atoms with van der Waals surface area (Å²) in [5.74, 6) is 0.288. The zero-order valence-corrected chi connectivity index (χ0v) is 9.79. The Balaban J connectivity index is 2.61. The lowest BCUT2D eigenvalue weighted by Gasteiger charge is -2.22. The molecule has 1 aromatic heterocycles. The van der Waals surface area contributed by atoms with Crippen LogP contribution in [0, 0.1) is 11.7 Å². The Morgan fingerprint density at radius 2 is 1.87 bits per heavy atom. The fourth-order valence-corrected chi connectivity index (χ4v) is 1.32. The standard InChI is InChI=1S/C12H19FN2/c1-8(2)9(3)15-10(4)12-6-5-11(13)7-14-12/h5-10,15H,1-4H3. The lowest BCUT2D eigenvalue weighted by atomic mass is 10.0. The zero-order chi connectivity index (χ0) is 11.4. The van der Waals surface area contributed by atoms with Gasteiger partial charge in [-0.15, -0.1) is 0 Å². The van der Waals surface area contributed by atoms with Gasteiger partial charge in [0, 0.05) is 12.1 Å². The predicted molar refractivity (Wildman–Crippen MR) is 60.0 cm³/mol. The van der Waals surface area contributed by atoms with Crippen molar-refractivity contribution in [3.63, 3.8) is 0 Å². The summed E-state index contributed by atoms with van der Waals surface area (Å²) in [6, 6.07) is 3.75. The molecule has 1 aromatic rings. The van der Waals surface area contributed by atoms with E-state index in [1.807, 2.05) is 6.92 Å². The van der Waals surface area contributed by atoms with Crippen LogP contribution in [0.2, 0.25) is 0 Å². The quantitative estimate of drug-likeness (QED) is 0.826. The topological polar surface area (TPSA) is 24.9 Å². The van der Waals surface area contributed by atoms with E-state index in [0.717, 1.165) is 5.69 Å². The van der Waals surface area contributed by atoms with Crippen molar-refractivity contribution < 1.29 is 4.39 Å². The summed E-state index contributed by atoms with van der Waals surface area (Å²) >= 11 is 0. The van der Waals surface area contributed by atoms with E-state index >= 15 is 0 Å². The number of hydrogen-bond acceptors (Lipinski definition) is 2. The van der Waals surface area contributed by atoms with Crippen LogP contribution in [0.25, 0.3) is 0 Å². The maximum Gasteiger partial charge on any atom is 0.141 e. The second-order valence-electron chi connectivity index (χ2n) is 4.32. The van der Waals surface area contributed by atoms with Crippen LogP contribution in [0.1, 0.15) is 39.4 Å². The van der Waals surface area contributed by atoms with Gasteiger partial charge in [0.05, 0.1) is 11.9 Å². The molecule has 0 aliphatic heterocycles. The summed E-state index contributed by atoms with van der Waals surface area (Å²) in [4.78, 5) is 4.05. The molecule has 3 heteroatoms. The summed E-state index contributed by atoms with van der Waals surface area (Å²) in [6.45, 7) is 8.52. The molecule has 0 saturated heterocycles. The normalized spacial score (nSPS) is 15.3. The molecule has 15 heavy (non-hydrogen) atoms. The van der Waals surface area contributed by atoms with Gasteiger partial charge in [0.2, 0.25) is 0 Å². The number of nitrogens with zero attached hydrogens (tertiary/aromatic N) is 1. The van der Waals surface area contributed by atoms with Gasteiger partial charge in [0.15, 0.2) is 0 Å². The highest BCUT2D eigenvalue weighted by Crippen LogP contribution is 2.12. The van der Waals surface area contributed by atoms with Crippen LogP contribution in [0.3, 0.4) is 0 Å². The molecule has 1 rings (SSSR count). The smallest absolute Gasteiger partial charge is 0.141 e. The van der Waals surface area contributed by atoms with E-state index < -0.39 is 0 Å². The van der Waals surface area contributed by atoms with E-state index in [1.54, 1.807) is 6.07 Å². The van der Waals surface area contributed by atoms with Crippen molar-refractivity contribution >= 4 is 0 Å². The average Bonchev–Trinajstić information content (AvgIpc) is 2.18. The minimum Gasteiger partial charge on any atom is -0.306 e.